The molecule has 1 aromatic heterocycles. The maximum Gasteiger partial charge on any atom is 0.357 e. The Balaban J connectivity index is 2.19. The fourth-order valence-electron chi connectivity index (χ4n) is 1.41. The Labute approximate surface area is 118 Å². The average molecular weight is 292 g/mol. The summed E-state index contributed by atoms with van der Waals surface area (Å²) in [5, 5.41) is 11.5. The number of benzene rings is 1. The molecular formula is C12H12N4O3S. The van der Waals surface area contributed by atoms with Crippen molar-refractivity contribution in [2.45, 2.75) is 0 Å². The van der Waals surface area contributed by atoms with Crippen LogP contribution in [-0.4, -0.2) is 16.1 Å². The van der Waals surface area contributed by atoms with E-state index in [9.17, 15) is 4.79 Å². The van der Waals surface area contributed by atoms with Crippen LogP contribution in [0.3, 0.4) is 0 Å². The van der Waals surface area contributed by atoms with E-state index < -0.39 is 11.7 Å². The van der Waals surface area contributed by atoms with Crippen molar-refractivity contribution >= 4 is 17.3 Å². The highest BCUT2D eigenvalue weighted by molar-refractivity contribution is 7.13. The van der Waals surface area contributed by atoms with Gasteiger partial charge in [0.15, 0.2) is 5.70 Å². The van der Waals surface area contributed by atoms with Gasteiger partial charge in [0.25, 0.3) is 0 Å². The molecule has 2 rings (SSSR count). The van der Waals surface area contributed by atoms with Gasteiger partial charge in [-0.05, 0) is 24.3 Å². The number of nitrogens with two attached hydrogens (primary N) is 2. The average Bonchev–Trinajstić information content (AvgIpc) is 2.98. The second-order valence-corrected chi connectivity index (χ2v) is 4.55. The van der Waals surface area contributed by atoms with Crippen molar-refractivity contribution in [2.75, 3.05) is 0 Å². The van der Waals surface area contributed by atoms with E-state index in [0.29, 0.717) is 5.75 Å². The number of hydrazine groups is 1. The van der Waals surface area contributed by atoms with Crippen LogP contribution in [0, 0.1) is 0 Å². The molecule has 20 heavy (non-hydrogen) atoms. The van der Waals surface area contributed by atoms with E-state index in [0.717, 1.165) is 10.6 Å². The van der Waals surface area contributed by atoms with E-state index in [2.05, 4.69) is 10.4 Å². The van der Waals surface area contributed by atoms with Gasteiger partial charge in [-0.25, -0.2) is 15.6 Å². The number of hydrogen-bond donors (Lipinski definition) is 4. The van der Waals surface area contributed by atoms with E-state index in [1.54, 1.807) is 30.5 Å². The van der Waals surface area contributed by atoms with Crippen LogP contribution in [0.25, 0.3) is 10.6 Å². The van der Waals surface area contributed by atoms with Gasteiger partial charge in [0.05, 0.1) is 0 Å². The van der Waals surface area contributed by atoms with Crippen LogP contribution in [-0.2, 0) is 4.79 Å². The quantitative estimate of drug-likeness (QED) is 0.279. The minimum Gasteiger partial charge on any atom is -0.476 e. The van der Waals surface area contributed by atoms with Gasteiger partial charge >= 0.3 is 5.97 Å². The Hall–Kier alpha value is -2.58. The lowest BCUT2D eigenvalue weighted by molar-refractivity contribution is -0.132. The zero-order valence-electron chi connectivity index (χ0n) is 10.2. The topological polar surface area (TPSA) is 123 Å². The van der Waals surface area contributed by atoms with Crippen molar-refractivity contribution in [3.63, 3.8) is 0 Å². The molecule has 1 aromatic carbocycles. The molecule has 1 heterocycles. The molecular weight excluding hydrogens is 280 g/mol. The molecule has 0 aliphatic carbocycles. The largest absolute Gasteiger partial charge is 0.476 e. The van der Waals surface area contributed by atoms with E-state index in [4.69, 9.17) is 21.4 Å². The molecule has 104 valence electrons. The molecule has 0 unspecified atom stereocenters. The Morgan fingerprint density at radius 1 is 1.35 bits per heavy atom. The lowest BCUT2D eigenvalue weighted by Gasteiger charge is -2.10. The van der Waals surface area contributed by atoms with Crippen molar-refractivity contribution in [1.29, 1.82) is 0 Å². The Kier molecular flexibility index (Phi) is 4.18. The predicted octanol–water partition coefficient (Wildman–Crippen LogP) is 0.865. The summed E-state index contributed by atoms with van der Waals surface area (Å²) in [5.74, 6) is 4.04. The summed E-state index contributed by atoms with van der Waals surface area (Å²) in [6.45, 7) is 0. The molecule has 0 saturated heterocycles. The highest BCUT2D eigenvalue weighted by atomic mass is 32.1. The third-order valence-corrected chi connectivity index (χ3v) is 3.18. The molecule has 8 heteroatoms. The van der Waals surface area contributed by atoms with Gasteiger partial charge in [-0.2, -0.15) is 0 Å². The number of aromatic nitrogens is 1. The van der Waals surface area contributed by atoms with E-state index >= 15 is 0 Å². The molecule has 0 spiro atoms. The number of carbonyl (C=O) groups is 1. The van der Waals surface area contributed by atoms with Crippen molar-refractivity contribution in [3.05, 3.63) is 47.4 Å². The van der Waals surface area contributed by atoms with Gasteiger partial charge in [0.2, 0.25) is 5.88 Å². The molecule has 0 bridgehead atoms. The normalized spacial score (nSPS) is 11.7. The number of nitrogens with one attached hydrogen (secondary N) is 1. The summed E-state index contributed by atoms with van der Waals surface area (Å²) in [6.07, 6.45) is 1.72. The Morgan fingerprint density at radius 2 is 2.05 bits per heavy atom. The molecule has 7 nitrogen and oxygen atoms in total. The number of carboxylic acids is 1. The van der Waals surface area contributed by atoms with Crippen molar-refractivity contribution < 1.29 is 14.6 Å². The summed E-state index contributed by atoms with van der Waals surface area (Å²) in [6, 6.07) is 6.95. The molecule has 0 saturated carbocycles. The van der Waals surface area contributed by atoms with Crippen LogP contribution in [0.2, 0.25) is 0 Å². The fourth-order valence-corrected chi connectivity index (χ4v) is 2.05. The minimum absolute atomic E-state index is 0.223. The van der Waals surface area contributed by atoms with Crippen LogP contribution in [0.4, 0.5) is 0 Å². The molecule has 0 fully saturated rings. The van der Waals surface area contributed by atoms with E-state index in [1.807, 2.05) is 5.38 Å². The van der Waals surface area contributed by atoms with Gasteiger partial charge in [-0.15, -0.1) is 11.3 Å². The highest BCUT2D eigenvalue weighted by Crippen LogP contribution is 2.24. The summed E-state index contributed by atoms with van der Waals surface area (Å²) < 4.78 is 5.28. The molecule has 2 aromatic rings. The van der Waals surface area contributed by atoms with Crippen molar-refractivity contribution in [2.24, 2.45) is 11.6 Å². The summed E-state index contributed by atoms with van der Waals surface area (Å²) >= 11 is 1.52. The SMILES string of the molecule is NN/C(Oc1ccc(-c2nccs2)cc1)=C(\N)C(=O)O. The molecule has 0 radical (unpaired) electrons. The first-order valence-corrected chi connectivity index (χ1v) is 6.37. The first-order valence-electron chi connectivity index (χ1n) is 5.49. The third kappa shape index (κ3) is 3.05. The van der Waals surface area contributed by atoms with Gasteiger partial charge in [-0.1, -0.05) is 0 Å². The second kappa shape index (κ2) is 6.04. The number of rotatable bonds is 5. The zero-order chi connectivity index (χ0) is 14.5. The van der Waals surface area contributed by atoms with Crippen LogP contribution < -0.4 is 21.7 Å². The molecule has 0 aliphatic rings. The van der Waals surface area contributed by atoms with Gasteiger partial charge < -0.3 is 15.6 Å². The van der Waals surface area contributed by atoms with Gasteiger partial charge in [0.1, 0.15) is 10.8 Å². The van der Waals surface area contributed by atoms with Crippen molar-refractivity contribution in [1.82, 2.24) is 10.4 Å². The number of ether oxygens (including phenoxy) is 1. The summed E-state index contributed by atoms with van der Waals surface area (Å²) in [5.41, 5.74) is 7.88. The minimum atomic E-state index is -1.32. The Bertz CT molecular complexity index is 623. The van der Waals surface area contributed by atoms with Crippen LogP contribution >= 0.6 is 11.3 Å². The van der Waals surface area contributed by atoms with E-state index in [-0.39, 0.29) is 5.88 Å². The van der Waals surface area contributed by atoms with Gasteiger partial charge in [-0.3, -0.25) is 5.43 Å². The first-order chi connectivity index (χ1) is 9.61. The zero-order valence-corrected chi connectivity index (χ0v) is 11.1. The van der Waals surface area contributed by atoms with Crippen LogP contribution in [0.15, 0.2) is 47.4 Å². The number of thiazole rings is 1. The van der Waals surface area contributed by atoms with Crippen molar-refractivity contribution in [3.8, 4) is 16.3 Å². The fraction of sp³-hybridized carbons (Fsp3) is 0. The number of carboxylic acid groups (broad SMARTS) is 1. The lowest BCUT2D eigenvalue weighted by atomic mass is 10.2. The highest BCUT2D eigenvalue weighted by Gasteiger charge is 2.12. The van der Waals surface area contributed by atoms with Gasteiger partial charge in [0, 0.05) is 17.1 Å². The molecule has 6 N–H and O–H groups in total. The smallest absolute Gasteiger partial charge is 0.357 e. The Morgan fingerprint density at radius 3 is 2.55 bits per heavy atom. The number of hydrogen-bond acceptors (Lipinski definition) is 7. The predicted molar refractivity (Wildman–Crippen MR) is 74.4 cm³/mol. The van der Waals surface area contributed by atoms with Crippen LogP contribution in [0.5, 0.6) is 5.75 Å². The summed E-state index contributed by atoms with van der Waals surface area (Å²) in [4.78, 5) is 14.9. The van der Waals surface area contributed by atoms with E-state index in [1.165, 1.54) is 11.3 Å². The number of nitrogens with zero attached hydrogens (tertiary/aromatic N) is 1. The maximum absolute atomic E-state index is 10.7. The first kappa shape index (κ1) is 13.8. The summed E-state index contributed by atoms with van der Waals surface area (Å²) in [7, 11) is 0. The monoisotopic (exact) mass is 292 g/mol. The third-order valence-electron chi connectivity index (χ3n) is 2.36. The maximum atomic E-state index is 10.7. The van der Waals surface area contributed by atoms with Crippen LogP contribution in [0.1, 0.15) is 0 Å². The molecule has 0 amide bonds. The molecule has 0 aliphatic heterocycles. The number of aliphatic carboxylic acids is 1. The second-order valence-electron chi connectivity index (χ2n) is 3.66. The molecule has 0 atom stereocenters. The standard InChI is InChI=1S/C12H12N4O3S/c13-9(12(17)18)10(16-14)19-8-3-1-7(2-4-8)11-15-5-6-20-11/h1-6,16H,13-14H2,(H,17,18)/b10-9+. The lowest BCUT2D eigenvalue weighted by Crippen LogP contribution is -2.31.